The highest BCUT2D eigenvalue weighted by molar-refractivity contribution is 6.43. The van der Waals surface area contributed by atoms with Crippen LogP contribution in [0.1, 0.15) is 61.1 Å². The van der Waals surface area contributed by atoms with E-state index in [2.05, 4.69) is 27.0 Å². The second kappa shape index (κ2) is 12.9. The van der Waals surface area contributed by atoms with Crippen molar-refractivity contribution in [2.75, 3.05) is 20.2 Å². The Bertz CT molecular complexity index is 2310. The van der Waals surface area contributed by atoms with Crippen molar-refractivity contribution in [3.05, 3.63) is 81.5 Å². The average Bonchev–Trinajstić information content (AvgIpc) is 3.43. The molecule has 10 rings (SSSR count). The van der Waals surface area contributed by atoms with Crippen LogP contribution in [-0.4, -0.2) is 57.7 Å². The van der Waals surface area contributed by atoms with Crippen molar-refractivity contribution >= 4 is 50.9 Å². The molecule has 2 aromatic carbocycles. The first-order chi connectivity index (χ1) is 25.2. The molecule has 2 aliphatic carbocycles. The summed E-state index contributed by atoms with van der Waals surface area (Å²) >= 11 is 13.1. The van der Waals surface area contributed by atoms with Gasteiger partial charge in [-0.15, -0.1) is 0 Å². The first kappa shape index (κ1) is 33.4. The minimum absolute atomic E-state index is 0.0216. The standard InChI is InChI=1S/C40H37Cl2FN6O3/c1-20-27-17-32(31-15-25(19-48(31)40(50)21-8-9-21)52-33-16-24(51-2)10-12-45-33)49(38-23-14-30(38)46-18-23)39(27)28-13-22(5-4-11-44)34(36(43)37(28)47-20)26-6-3-7-29(41)35(26)42/h3,6-7,10,12-13,16-17,21,23,25,30-31,38,46H,4-5,8-9,14-15,18-19H2,1-2H3. The van der Waals surface area contributed by atoms with Crippen LogP contribution in [0.25, 0.3) is 32.9 Å². The molecule has 2 saturated carbocycles. The van der Waals surface area contributed by atoms with Crippen LogP contribution in [0.4, 0.5) is 4.39 Å². The van der Waals surface area contributed by atoms with E-state index < -0.39 is 5.82 Å². The molecule has 266 valence electrons. The van der Waals surface area contributed by atoms with Crippen molar-refractivity contribution in [2.24, 2.45) is 11.8 Å². The van der Waals surface area contributed by atoms with Gasteiger partial charge in [-0.25, -0.2) is 14.4 Å². The number of carbonyl (C=O) groups is 1. The number of halogens is 3. The molecule has 5 aliphatic rings. The maximum Gasteiger partial charge on any atom is 0.226 e. The van der Waals surface area contributed by atoms with Gasteiger partial charge in [-0.05, 0) is 68.4 Å². The number of amides is 1. The number of benzene rings is 2. The number of fused-ring (bicyclic) bond motifs is 4. The highest BCUT2D eigenvalue weighted by Crippen LogP contribution is 2.51. The van der Waals surface area contributed by atoms with Crippen LogP contribution in [0.15, 0.2) is 48.7 Å². The first-order valence-electron chi connectivity index (χ1n) is 17.9. The van der Waals surface area contributed by atoms with Gasteiger partial charge >= 0.3 is 0 Å². The van der Waals surface area contributed by atoms with Gasteiger partial charge in [0.25, 0.3) is 0 Å². The number of aromatic nitrogens is 3. The van der Waals surface area contributed by atoms with E-state index in [0.717, 1.165) is 42.4 Å². The number of aryl methyl sites for hydroxylation is 2. The van der Waals surface area contributed by atoms with E-state index in [1.54, 1.807) is 43.6 Å². The molecular formula is C40H37Cl2FN6O3. The summed E-state index contributed by atoms with van der Waals surface area (Å²) in [5, 5.41) is 15.5. The number of nitriles is 1. The molecule has 9 nitrogen and oxygen atoms in total. The van der Waals surface area contributed by atoms with Crippen LogP contribution in [0, 0.1) is 35.9 Å². The number of hydrogen-bond donors (Lipinski definition) is 1. The Morgan fingerprint density at radius 2 is 2.00 bits per heavy atom. The zero-order valence-electron chi connectivity index (χ0n) is 28.8. The van der Waals surface area contributed by atoms with Gasteiger partial charge in [0.15, 0.2) is 5.82 Å². The molecule has 1 N–H and O–H groups in total. The Morgan fingerprint density at radius 3 is 2.73 bits per heavy atom. The molecule has 2 bridgehead atoms. The van der Waals surface area contributed by atoms with Gasteiger partial charge in [0.2, 0.25) is 11.8 Å². The third kappa shape index (κ3) is 5.39. The number of likely N-dealkylation sites (tertiary alicyclic amines) is 1. The van der Waals surface area contributed by atoms with E-state index in [4.69, 9.17) is 37.7 Å². The number of rotatable bonds is 9. The van der Waals surface area contributed by atoms with E-state index in [1.165, 1.54) is 0 Å². The lowest BCUT2D eigenvalue weighted by atomic mass is 9.79. The van der Waals surface area contributed by atoms with Crippen molar-refractivity contribution in [2.45, 2.75) is 69.7 Å². The Morgan fingerprint density at radius 1 is 1.15 bits per heavy atom. The van der Waals surface area contributed by atoms with Crippen LogP contribution in [0.5, 0.6) is 11.6 Å². The van der Waals surface area contributed by atoms with Gasteiger partial charge in [-0.3, -0.25) is 4.79 Å². The highest BCUT2D eigenvalue weighted by atomic mass is 35.5. The van der Waals surface area contributed by atoms with Crippen LogP contribution in [0.3, 0.4) is 0 Å². The van der Waals surface area contributed by atoms with Gasteiger partial charge in [0, 0.05) is 76.9 Å². The highest BCUT2D eigenvalue weighted by Gasteiger charge is 2.51. The number of ether oxygens (including phenoxy) is 2. The van der Waals surface area contributed by atoms with Gasteiger partial charge < -0.3 is 24.3 Å². The van der Waals surface area contributed by atoms with E-state index in [1.807, 2.05) is 17.9 Å². The Kier molecular flexibility index (Phi) is 8.29. The number of nitrogens with zero attached hydrogens (tertiary/aromatic N) is 5. The Labute approximate surface area is 310 Å². The van der Waals surface area contributed by atoms with Gasteiger partial charge in [-0.1, -0.05) is 35.3 Å². The lowest BCUT2D eigenvalue weighted by Gasteiger charge is -2.39. The monoisotopic (exact) mass is 738 g/mol. The predicted molar refractivity (Wildman–Crippen MR) is 197 cm³/mol. The summed E-state index contributed by atoms with van der Waals surface area (Å²) in [6, 6.07) is 15.2. The molecule has 5 unspecified atom stereocenters. The minimum Gasteiger partial charge on any atom is -0.497 e. The molecule has 52 heavy (non-hydrogen) atoms. The SMILES string of the molecule is COc1ccnc(OC2CC(c3cc4c(C)nc5c(F)c(-c6cccc(Cl)c6Cl)c(CCC#N)cc5c4n3C3C4CNC3C4)N(C(=O)C3CC3)C2)c1. The third-order valence-electron chi connectivity index (χ3n) is 11.5. The minimum atomic E-state index is -0.491. The third-order valence-corrected chi connectivity index (χ3v) is 12.3. The first-order valence-corrected chi connectivity index (χ1v) is 18.7. The zero-order chi connectivity index (χ0) is 35.8. The molecule has 0 radical (unpaired) electrons. The molecule has 5 aromatic rings. The number of methoxy groups -OCH3 is 1. The van der Waals surface area contributed by atoms with Crippen molar-refractivity contribution < 1.29 is 18.7 Å². The van der Waals surface area contributed by atoms with Gasteiger partial charge in [0.1, 0.15) is 17.4 Å². The van der Waals surface area contributed by atoms with Crippen molar-refractivity contribution in [3.63, 3.8) is 0 Å². The smallest absolute Gasteiger partial charge is 0.226 e. The molecule has 3 aliphatic heterocycles. The fraction of sp³-hybridized carbons (Fsp3) is 0.400. The zero-order valence-corrected chi connectivity index (χ0v) is 30.3. The largest absolute Gasteiger partial charge is 0.497 e. The van der Waals surface area contributed by atoms with E-state index in [0.29, 0.717) is 69.7 Å². The maximum absolute atomic E-state index is 17.2. The average molecular weight is 740 g/mol. The number of nitrogens with one attached hydrogen (secondary N) is 1. The van der Waals surface area contributed by atoms with Crippen LogP contribution >= 0.6 is 23.2 Å². The Hall–Kier alpha value is -4.43. The second-order valence-corrected chi connectivity index (χ2v) is 15.4. The van der Waals surface area contributed by atoms with E-state index >= 15 is 4.39 Å². The molecule has 6 heterocycles. The van der Waals surface area contributed by atoms with Crippen LogP contribution in [-0.2, 0) is 11.2 Å². The predicted octanol–water partition coefficient (Wildman–Crippen LogP) is 8.13. The van der Waals surface area contributed by atoms with Crippen molar-refractivity contribution in [1.29, 1.82) is 5.26 Å². The topological polar surface area (TPSA) is 105 Å². The molecule has 1 amide bonds. The summed E-state index contributed by atoms with van der Waals surface area (Å²) in [5.74, 6) is 1.18. The molecule has 12 heteroatoms. The summed E-state index contributed by atoms with van der Waals surface area (Å²) in [6.45, 7) is 3.25. The lowest BCUT2D eigenvalue weighted by molar-refractivity contribution is -0.133. The fourth-order valence-corrected chi connectivity index (χ4v) is 9.22. The number of carbonyl (C=O) groups excluding carboxylic acids is 1. The summed E-state index contributed by atoms with van der Waals surface area (Å²) < 4.78 is 31.4. The van der Waals surface area contributed by atoms with E-state index in [-0.39, 0.29) is 53.0 Å². The molecular weight excluding hydrogens is 702 g/mol. The number of pyridine rings is 2. The van der Waals surface area contributed by atoms with Gasteiger partial charge in [0.05, 0.1) is 47.4 Å². The Balaban J connectivity index is 1.25. The fourth-order valence-electron chi connectivity index (χ4n) is 8.82. The van der Waals surface area contributed by atoms with Crippen molar-refractivity contribution in [1.82, 2.24) is 24.8 Å². The van der Waals surface area contributed by atoms with Crippen molar-refractivity contribution in [3.8, 4) is 28.8 Å². The molecule has 5 fully saturated rings. The summed E-state index contributed by atoms with van der Waals surface area (Å²) in [7, 11) is 1.61. The summed E-state index contributed by atoms with van der Waals surface area (Å²) in [5.41, 5.74) is 4.29. The summed E-state index contributed by atoms with van der Waals surface area (Å²) in [6.07, 6.45) is 5.31. The normalized spacial score (nSPS) is 23.6. The summed E-state index contributed by atoms with van der Waals surface area (Å²) in [4.78, 5) is 25.3. The lowest BCUT2D eigenvalue weighted by Crippen LogP contribution is -2.41. The molecule has 5 atom stereocenters. The maximum atomic E-state index is 17.2. The number of hydrogen-bond acceptors (Lipinski definition) is 7. The molecule has 3 saturated heterocycles. The molecule has 3 aromatic heterocycles. The quantitative estimate of drug-likeness (QED) is 0.163. The van der Waals surface area contributed by atoms with Gasteiger partial charge in [-0.2, -0.15) is 5.26 Å². The second-order valence-electron chi connectivity index (χ2n) is 14.6. The molecule has 0 spiro atoms. The van der Waals surface area contributed by atoms with Crippen LogP contribution in [0.2, 0.25) is 10.0 Å². The van der Waals surface area contributed by atoms with Crippen LogP contribution < -0.4 is 14.8 Å². The van der Waals surface area contributed by atoms with E-state index in [9.17, 15) is 10.1 Å².